The van der Waals surface area contributed by atoms with Crippen molar-refractivity contribution >= 4 is 0 Å². The molecule has 2 rings (SSSR count). The standard InChI is InChI=1S/C14H19F2N/c1-10-5-6-11(17-9-10)7-8-12-13(15)3-2-4-14(12)16/h2-4,10-11,17H,5-9H2,1H3. The average molecular weight is 239 g/mol. The van der Waals surface area contributed by atoms with E-state index in [2.05, 4.69) is 12.2 Å². The molecule has 1 saturated heterocycles. The molecule has 1 fully saturated rings. The molecule has 1 aromatic rings. The Bertz CT molecular complexity index is 350. The van der Waals surface area contributed by atoms with Gasteiger partial charge in [0.15, 0.2) is 0 Å². The fourth-order valence-corrected chi connectivity index (χ4v) is 2.39. The molecule has 1 aliphatic heterocycles. The summed E-state index contributed by atoms with van der Waals surface area (Å²) in [5.41, 5.74) is 0.230. The van der Waals surface area contributed by atoms with E-state index in [-0.39, 0.29) is 5.56 Å². The van der Waals surface area contributed by atoms with Gasteiger partial charge < -0.3 is 5.32 Å². The van der Waals surface area contributed by atoms with E-state index in [4.69, 9.17) is 0 Å². The number of hydrogen-bond acceptors (Lipinski definition) is 1. The van der Waals surface area contributed by atoms with Crippen molar-refractivity contribution in [2.24, 2.45) is 5.92 Å². The first-order valence-electron chi connectivity index (χ1n) is 6.33. The Balaban J connectivity index is 1.89. The summed E-state index contributed by atoms with van der Waals surface area (Å²) in [6.07, 6.45) is 3.60. The van der Waals surface area contributed by atoms with Gasteiger partial charge in [-0.25, -0.2) is 8.78 Å². The van der Waals surface area contributed by atoms with Crippen LogP contribution in [0.1, 0.15) is 31.7 Å². The van der Waals surface area contributed by atoms with Gasteiger partial charge in [0.2, 0.25) is 0 Å². The van der Waals surface area contributed by atoms with Gasteiger partial charge in [0.1, 0.15) is 11.6 Å². The average Bonchev–Trinajstić information content (AvgIpc) is 2.31. The minimum atomic E-state index is -0.422. The SMILES string of the molecule is CC1CCC(CCc2c(F)cccc2F)NC1. The van der Waals surface area contributed by atoms with Gasteiger partial charge >= 0.3 is 0 Å². The molecule has 1 nitrogen and oxygen atoms in total. The van der Waals surface area contributed by atoms with E-state index in [9.17, 15) is 8.78 Å². The zero-order chi connectivity index (χ0) is 12.3. The molecular formula is C14H19F2N. The van der Waals surface area contributed by atoms with Crippen LogP contribution in [0.25, 0.3) is 0 Å². The van der Waals surface area contributed by atoms with Crippen molar-refractivity contribution < 1.29 is 8.78 Å². The van der Waals surface area contributed by atoms with E-state index >= 15 is 0 Å². The summed E-state index contributed by atoms with van der Waals surface area (Å²) < 4.78 is 26.8. The third-order valence-corrected chi connectivity index (χ3v) is 3.57. The second-order valence-electron chi connectivity index (χ2n) is 5.03. The number of benzene rings is 1. The molecule has 17 heavy (non-hydrogen) atoms. The Morgan fingerprint density at radius 3 is 2.53 bits per heavy atom. The van der Waals surface area contributed by atoms with Crippen molar-refractivity contribution in [3.8, 4) is 0 Å². The van der Waals surface area contributed by atoms with Crippen LogP contribution in [0, 0.1) is 17.6 Å². The number of piperidine rings is 1. The van der Waals surface area contributed by atoms with Gasteiger partial charge in [-0.1, -0.05) is 13.0 Å². The Labute approximate surface area is 101 Å². The Morgan fingerprint density at radius 2 is 1.94 bits per heavy atom. The highest BCUT2D eigenvalue weighted by molar-refractivity contribution is 5.19. The van der Waals surface area contributed by atoms with Crippen molar-refractivity contribution in [1.29, 1.82) is 0 Å². The second-order valence-corrected chi connectivity index (χ2v) is 5.03. The van der Waals surface area contributed by atoms with Gasteiger partial charge in [-0.05, 0) is 50.3 Å². The van der Waals surface area contributed by atoms with Crippen molar-refractivity contribution in [3.63, 3.8) is 0 Å². The van der Waals surface area contributed by atoms with E-state index in [1.54, 1.807) is 0 Å². The predicted octanol–water partition coefficient (Wildman–Crippen LogP) is 3.29. The first kappa shape index (κ1) is 12.5. The maximum Gasteiger partial charge on any atom is 0.129 e. The topological polar surface area (TPSA) is 12.0 Å². The maximum atomic E-state index is 13.4. The van der Waals surface area contributed by atoms with E-state index in [1.807, 2.05) is 0 Å². The van der Waals surface area contributed by atoms with E-state index in [1.165, 1.54) is 24.6 Å². The van der Waals surface area contributed by atoms with Gasteiger partial charge in [0.25, 0.3) is 0 Å². The lowest BCUT2D eigenvalue weighted by atomic mass is 9.92. The molecule has 1 heterocycles. The van der Waals surface area contributed by atoms with Crippen molar-refractivity contribution in [3.05, 3.63) is 35.4 Å². The largest absolute Gasteiger partial charge is 0.314 e. The fourth-order valence-electron chi connectivity index (χ4n) is 2.39. The zero-order valence-electron chi connectivity index (χ0n) is 10.2. The van der Waals surface area contributed by atoms with Crippen LogP contribution in [0.4, 0.5) is 8.78 Å². The number of nitrogens with one attached hydrogen (secondary N) is 1. The van der Waals surface area contributed by atoms with Gasteiger partial charge in [0, 0.05) is 11.6 Å². The highest BCUT2D eigenvalue weighted by Gasteiger charge is 2.18. The van der Waals surface area contributed by atoms with Crippen molar-refractivity contribution in [2.75, 3.05) is 6.54 Å². The summed E-state index contributed by atoms with van der Waals surface area (Å²) in [6, 6.07) is 4.48. The zero-order valence-corrected chi connectivity index (χ0v) is 10.2. The molecule has 1 aromatic carbocycles. The normalized spacial score (nSPS) is 24.9. The molecule has 1 N–H and O–H groups in total. The molecule has 2 atom stereocenters. The Hall–Kier alpha value is -0.960. The smallest absolute Gasteiger partial charge is 0.129 e. The molecule has 3 heteroatoms. The summed E-state index contributed by atoms with van der Waals surface area (Å²) in [4.78, 5) is 0. The quantitative estimate of drug-likeness (QED) is 0.853. The summed E-state index contributed by atoms with van der Waals surface area (Å²) >= 11 is 0. The van der Waals surface area contributed by atoms with Crippen molar-refractivity contribution in [2.45, 2.75) is 38.6 Å². The van der Waals surface area contributed by atoms with Crippen LogP contribution in [0.5, 0.6) is 0 Å². The Morgan fingerprint density at radius 1 is 1.24 bits per heavy atom. The second kappa shape index (κ2) is 5.58. The predicted molar refractivity (Wildman–Crippen MR) is 64.9 cm³/mol. The summed E-state index contributed by atoms with van der Waals surface area (Å²) in [5, 5.41) is 3.43. The number of halogens is 2. The van der Waals surface area contributed by atoms with Crippen LogP contribution >= 0.6 is 0 Å². The molecule has 0 radical (unpaired) electrons. The first-order chi connectivity index (χ1) is 8.16. The molecule has 0 aliphatic carbocycles. The summed E-state index contributed by atoms with van der Waals surface area (Å²) in [6.45, 7) is 3.24. The summed E-state index contributed by atoms with van der Waals surface area (Å²) in [7, 11) is 0. The van der Waals surface area contributed by atoms with E-state index in [0.29, 0.717) is 12.5 Å². The monoisotopic (exact) mass is 239 g/mol. The lowest BCUT2D eigenvalue weighted by molar-refractivity contribution is 0.314. The number of rotatable bonds is 3. The maximum absolute atomic E-state index is 13.4. The molecule has 0 amide bonds. The van der Waals surface area contributed by atoms with Gasteiger partial charge in [-0.2, -0.15) is 0 Å². The number of hydrogen-bond donors (Lipinski definition) is 1. The van der Waals surface area contributed by atoms with Gasteiger partial charge in [0.05, 0.1) is 0 Å². The molecule has 2 unspecified atom stereocenters. The van der Waals surface area contributed by atoms with E-state index < -0.39 is 11.6 Å². The highest BCUT2D eigenvalue weighted by Crippen LogP contribution is 2.19. The van der Waals surface area contributed by atoms with Gasteiger partial charge in [-0.3, -0.25) is 0 Å². The van der Waals surface area contributed by atoms with Crippen LogP contribution in [0.2, 0.25) is 0 Å². The van der Waals surface area contributed by atoms with Gasteiger partial charge in [-0.15, -0.1) is 0 Å². The molecule has 94 valence electrons. The van der Waals surface area contributed by atoms with Crippen LogP contribution in [0.3, 0.4) is 0 Å². The molecule has 0 aromatic heterocycles. The van der Waals surface area contributed by atoms with Crippen LogP contribution < -0.4 is 5.32 Å². The third kappa shape index (κ3) is 3.25. The molecule has 0 bridgehead atoms. The molecule has 1 aliphatic rings. The van der Waals surface area contributed by atoms with E-state index in [0.717, 1.165) is 25.3 Å². The lowest BCUT2D eigenvalue weighted by Crippen LogP contribution is -2.38. The lowest BCUT2D eigenvalue weighted by Gasteiger charge is -2.27. The fraction of sp³-hybridized carbons (Fsp3) is 0.571. The van der Waals surface area contributed by atoms with Crippen LogP contribution in [-0.2, 0) is 6.42 Å². The third-order valence-electron chi connectivity index (χ3n) is 3.57. The van der Waals surface area contributed by atoms with Crippen molar-refractivity contribution in [1.82, 2.24) is 5.32 Å². The van der Waals surface area contributed by atoms with Crippen LogP contribution in [0.15, 0.2) is 18.2 Å². The molecule has 0 spiro atoms. The Kier molecular flexibility index (Phi) is 4.11. The van der Waals surface area contributed by atoms with Crippen LogP contribution in [-0.4, -0.2) is 12.6 Å². The molecule has 0 saturated carbocycles. The summed E-state index contributed by atoms with van der Waals surface area (Å²) in [5.74, 6) is -0.125. The minimum Gasteiger partial charge on any atom is -0.314 e. The highest BCUT2D eigenvalue weighted by atomic mass is 19.1. The first-order valence-corrected chi connectivity index (χ1v) is 6.33. The minimum absolute atomic E-state index is 0.230. The molecular weight excluding hydrogens is 220 g/mol.